The number of rotatable bonds is 2. The molecular weight excluding hydrogens is 242 g/mol. The van der Waals surface area contributed by atoms with Gasteiger partial charge in [-0.15, -0.1) is 5.10 Å². The summed E-state index contributed by atoms with van der Waals surface area (Å²) >= 11 is 0. The Kier molecular flexibility index (Phi) is 2.58. The lowest BCUT2D eigenvalue weighted by Crippen LogP contribution is -2.41. The normalized spacial score (nSPS) is 30.4. The van der Waals surface area contributed by atoms with Gasteiger partial charge in [-0.2, -0.15) is 0 Å². The van der Waals surface area contributed by atoms with E-state index in [2.05, 4.69) is 20.5 Å². The van der Waals surface area contributed by atoms with E-state index in [9.17, 15) is 4.79 Å². The van der Waals surface area contributed by atoms with Crippen molar-refractivity contribution < 1.29 is 4.79 Å². The van der Waals surface area contributed by atoms with Gasteiger partial charge in [0.2, 0.25) is 5.82 Å². The van der Waals surface area contributed by atoms with Gasteiger partial charge < -0.3 is 10.2 Å². The van der Waals surface area contributed by atoms with Gasteiger partial charge in [-0.25, -0.2) is 4.98 Å². The molecule has 1 aromatic heterocycles. The fourth-order valence-corrected chi connectivity index (χ4v) is 3.26. The van der Waals surface area contributed by atoms with E-state index in [1.807, 2.05) is 4.90 Å². The van der Waals surface area contributed by atoms with Crippen molar-refractivity contribution in [2.45, 2.75) is 37.6 Å². The van der Waals surface area contributed by atoms with Gasteiger partial charge in [0.05, 0.1) is 0 Å². The third-order valence-electron chi connectivity index (χ3n) is 4.54. The van der Waals surface area contributed by atoms with Gasteiger partial charge >= 0.3 is 0 Å². The Hall–Kier alpha value is -1.43. The molecule has 0 radical (unpaired) electrons. The van der Waals surface area contributed by atoms with Gasteiger partial charge in [0.15, 0.2) is 0 Å². The molecule has 19 heavy (non-hydrogen) atoms. The van der Waals surface area contributed by atoms with E-state index in [1.165, 1.54) is 25.7 Å². The summed E-state index contributed by atoms with van der Waals surface area (Å²) in [6, 6.07) is 0.472. The lowest BCUT2D eigenvalue weighted by Gasteiger charge is -2.24. The maximum absolute atomic E-state index is 12.4. The van der Waals surface area contributed by atoms with Crippen LogP contribution in [0.5, 0.6) is 0 Å². The molecule has 0 bridgehead atoms. The zero-order valence-corrected chi connectivity index (χ0v) is 10.9. The van der Waals surface area contributed by atoms with E-state index in [0.717, 1.165) is 25.5 Å². The second-order valence-corrected chi connectivity index (χ2v) is 5.99. The van der Waals surface area contributed by atoms with Crippen molar-refractivity contribution in [1.29, 1.82) is 0 Å². The number of aromatic nitrogens is 3. The number of nitrogens with one attached hydrogen (secondary N) is 2. The van der Waals surface area contributed by atoms with Crippen LogP contribution in [0, 0.1) is 5.92 Å². The molecule has 1 aliphatic carbocycles. The SMILES string of the molecule is O=C(c1n[nH]c(C2CC2)n1)N1C[C@@H]2CCCN[C@@H]2C1. The summed E-state index contributed by atoms with van der Waals surface area (Å²) in [4.78, 5) is 18.7. The number of fused-ring (bicyclic) bond motifs is 1. The number of amides is 1. The highest BCUT2D eigenvalue weighted by molar-refractivity contribution is 5.90. The molecule has 102 valence electrons. The summed E-state index contributed by atoms with van der Waals surface area (Å²) in [6.07, 6.45) is 4.78. The Balaban J connectivity index is 1.47. The molecule has 3 fully saturated rings. The summed E-state index contributed by atoms with van der Waals surface area (Å²) in [6.45, 7) is 2.73. The molecule has 3 heterocycles. The van der Waals surface area contributed by atoms with Crippen molar-refractivity contribution in [3.63, 3.8) is 0 Å². The van der Waals surface area contributed by atoms with Crippen LogP contribution in [0.1, 0.15) is 48.0 Å². The second kappa shape index (κ2) is 4.30. The van der Waals surface area contributed by atoms with Crippen LogP contribution in [0.2, 0.25) is 0 Å². The van der Waals surface area contributed by atoms with Crippen LogP contribution in [0.4, 0.5) is 0 Å². The van der Waals surface area contributed by atoms with Crippen molar-refractivity contribution in [2.75, 3.05) is 19.6 Å². The summed E-state index contributed by atoms with van der Waals surface area (Å²) in [5.41, 5.74) is 0. The van der Waals surface area contributed by atoms with Gasteiger partial charge in [-0.3, -0.25) is 9.89 Å². The minimum Gasteiger partial charge on any atom is -0.334 e. The zero-order valence-electron chi connectivity index (χ0n) is 10.9. The molecular formula is C13H19N5O. The van der Waals surface area contributed by atoms with Crippen molar-refractivity contribution >= 4 is 5.91 Å². The quantitative estimate of drug-likeness (QED) is 0.813. The van der Waals surface area contributed by atoms with E-state index in [-0.39, 0.29) is 5.91 Å². The molecule has 0 aromatic carbocycles. The number of H-pyrrole nitrogens is 1. The third-order valence-corrected chi connectivity index (χ3v) is 4.54. The Morgan fingerprint density at radius 2 is 2.16 bits per heavy atom. The first-order chi connectivity index (χ1) is 9.31. The van der Waals surface area contributed by atoms with Crippen LogP contribution in [0.25, 0.3) is 0 Å². The highest BCUT2D eigenvalue weighted by Gasteiger charge is 2.38. The molecule has 0 spiro atoms. The van der Waals surface area contributed by atoms with Crippen molar-refractivity contribution in [1.82, 2.24) is 25.4 Å². The van der Waals surface area contributed by atoms with E-state index in [4.69, 9.17) is 0 Å². The summed E-state index contributed by atoms with van der Waals surface area (Å²) in [7, 11) is 0. The van der Waals surface area contributed by atoms with Crippen LogP contribution in [-0.2, 0) is 0 Å². The largest absolute Gasteiger partial charge is 0.334 e. The lowest BCUT2D eigenvalue weighted by atomic mass is 9.94. The monoisotopic (exact) mass is 261 g/mol. The van der Waals surface area contributed by atoms with E-state index >= 15 is 0 Å². The van der Waals surface area contributed by atoms with E-state index in [1.54, 1.807) is 0 Å². The smallest absolute Gasteiger partial charge is 0.293 e. The standard InChI is InChI=1S/C13H19N5O/c19-13(12-15-11(16-17-12)8-3-4-8)18-6-9-2-1-5-14-10(9)7-18/h8-10,14H,1-7H2,(H,15,16,17)/t9-,10+/m0/s1. The van der Waals surface area contributed by atoms with E-state index in [0.29, 0.717) is 23.7 Å². The number of nitrogens with zero attached hydrogens (tertiary/aromatic N) is 3. The van der Waals surface area contributed by atoms with Crippen molar-refractivity contribution in [3.05, 3.63) is 11.6 Å². The molecule has 1 amide bonds. The summed E-state index contributed by atoms with van der Waals surface area (Å²) in [5, 5.41) is 10.5. The highest BCUT2D eigenvalue weighted by atomic mass is 16.2. The predicted molar refractivity (Wildman–Crippen MR) is 68.8 cm³/mol. The average molecular weight is 261 g/mol. The summed E-state index contributed by atoms with van der Waals surface area (Å²) < 4.78 is 0. The van der Waals surface area contributed by atoms with Crippen LogP contribution in [0.3, 0.4) is 0 Å². The molecule has 2 saturated heterocycles. The minimum absolute atomic E-state index is 0.0145. The maximum atomic E-state index is 12.4. The third kappa shape index (κ3) is 2.04. The predicted octanol–water partition coefficient (Wildman–Crippen LogP) is 0.506. The number of aromatic amines is 1. The molecule has 6 heteroatoms. The lowest BCUT2D eigenvalue weighted by molar-refractivity contribution is 0.0774. The molecule has 1 aromatic rings. The van der Waals surface area contributed by atoms with Gasteiger partial charge in [0.1, 0.15) is 5.82 Å². The Labute approximate surface area is 112 Å². The molecule has 2 aliphatic heterocycles. The first-order valence-electron chi connectivity index (χ1n) is 7.26. The molecule has 2 atom stereocenters. The van der Waals surface area contributed by atoms with E-state index < -0.39 is 0 Å². The van der Waals surface area contributed by atoms with Gasteiger partial charge in [-0.05, 0) is 38.1 Å². The molecule has 4 rings (SSSR count). The first kappa shape index (κ1) is 11.4. The van der Waals surface area contributed by atoms with Crippen LogP contribution in [0.15, 0.2) is 0 Å². The molecule has 3 aliphatic rings. The van der Waals surface area contributed by atoms with Gasteiger partial charge in [-0.1, -0.05) is 0 Å². The Morgan fingerprint density at radius 3 is 2.95 bits per heavy atom. The minimum atomic E-state index is -0.0145. The number of hydrogen-bond donors (Lipinski definition) is 2. The molecule has 2 N–H and O–H groups in total. The topological polar surface area (TPSA) is 73.9 Å². The Bertz CT molecular complexity index is 481. The second-order valence-electron chi connectivity index (χ2n) is 5.99. The number of likely N-dealkylation sites (tertiary alicyclic amines) is 1. The number of carbonyl (C=O) groups is 1. The first-order valence-corrected chi connectivity index (χ1v) is 7.26. The fourth-order valence-electron chi connectivity index (χ4n) is 3.26. The van der Waals surface area contributed by atoms with Crippen LogP contribution < -0.4 is 5.32 Å². The molecule has 6 nitrogen and oxygen atoms in total. The number of carbonyl (C=O) groups excluding carboxylic acids is 1. The molecule has 0 unspecified atom stereocenters. The fraction of sp³-hybridized carbons (Fsp3) is 0.769. The van der Waals surface area contributed by atoms with Crippen molar-refractivity contribution in [3.8, 4) is 0 Å². The maximum Gasteiger partial charge on any atom is 0.293 e. The highest BCUT2D eigenvalue weighted by Crippen LogP contribution is 2.37. The summed E-state index contributed by atoms with van der Waals surface area (Å²) in [5.74, 6) is 2.34. The Morgan fingerprint density at radius 1 is 1.26 bits per heavy atom. The van der Waals surface area contributed by atoms with Crippen molar-refractivity contribution in [2.24, 2.45) is 5.92 Å². The van der Waals surface area contributed by atoms with Crippen LogP contribution >= 0.6 is 0 Å². The number of piperidine rings is 1. The molecule has 1 saturated carbocycles. The number of hydrogen-bond acceptors (Lipinski definition) is 4. The average Bonchev–Trinajstić information content (AvgIpc) is 3.03. The van der Waals surface area contributed by atoms with Crippen LogP contribution in [-0.4, -0.2) is 51.7 Å². The zero-order chi connectivity index (χ0) is 12.8. The van der Waals surface area contributed by atoms with Gasteiger partial charge in [0, 0.05) is 25.0 Å². The van der Waals surface area contributed by atoms with Gasteiger partial charge in [0.25, 0.3) is 5.91 Å².